The molecular formula is C13H21NO3. The Bertz CT molecular complexity index is 303. The van der Waals surface area contributed by atoms with Crippen molar-refractivity contribution in [3.8, 4) is 0 Å². The summed E-state index contributed by atoms with van der Waals surface area (Å²) in [5.74, 6) is 0.626. The van der Waals surface area contributed by atoms with Crippen molar-refractivity contribution in [1.82, 2.24) is 4.90 Å². The summed E-state index contributed by atoms with van der Waals surface area (Å²) in [6, 6.07) is 0. The SMILES string of the molecule is O=C(O)CCC(=O)N1CCC2CCCCC2C1. The second-order valence-electron chi connectivity index (χ2n) is 5.33. The Balaban J connectivity index is 1.82. The van der Waals surface area contributed by atoms with E-state index in [0.29, 0.717) is 5.92 Å². The number of piperidine rings is 1. The average Bonchev–Trinajstić information content (AvgIpc) is 2.35. The van der Waals surface area contributed by atoms with Gasteiger partial charge in [0.1, 0.15) is 0 Å². The second kappa shape index (κ2) is 5.52. The maximum atomic E-state index is 11.8. The summed E-state index contributed by atoms with van der Waals surface area (Å²) in [5, 5.41) is 8.58. The average molecular weight is 239 g/mol. The Morgan fingerprint density at radius 1 is 1.06 bits per heavy atom. The monoisotopic (exact) mass is 239 g/mol. The first-order valence-corrected chi connectivity index (χ1v) is 6.66. The van der Waals surface area contributed by atoms with Crippen LogP contribution in [0.4, 0.5) is 0 Å². The molecule has 0 spiro atoms. The summed E-state index contributed by atoms with van der Waals surface area (Å²) in [7, 11) is 0. The molecule has 1 saturated carbocycles. The smallest absolute Gasteiger partial charge is 0.303 e. The van der Waals surface area contributed by atoms with Crippen molar-refractivity contribution in [2.75, 3.05) is 13.1 Å². The molecule has 0 aromatic carbocycles. The fourth-order valence-electron chi connectivity index (χ4n) is 3.20. The molecule has 0 aromatic rings. The van der Waals surface area contributed by atoms with Crippen LogP contribution in [-0.2, 0) is 9.59 Å². The van der Waals surface area contributed by atoms with E-state index < -0.39 is 5.97 Å². The number of carbonyl (C=O) groups excluding carboxylic acids is 1. The number of amides is 1. The summed E-state index contributed by atoms with van der Waals surface area (Å²) in [6.45, 7) is 1.70. The van der Waals surface area contributed by atoms with Crippen LogP contribution < -0.4 is 0 Å². The Kier molecular flexibility index (Phi) is 4.02. The van der Waals surface area contributed by atoms with Crippen LogP contribution in [0.1, 0.15) is 44.9 Å². The summed E-state index contributed by atoms with van der Waals surface area (Å²) in [5.41, 5.74) is 0. The van der Waals surface area contributed by atoms with Crippen LogP contribution in [0.2, 0.25) is 0 Å². The third kappa shape index (κ3) is 3.20. The van der Waals surface area contributed by atoms with Crippen molar-refractivity contribution >= 4 is 11.9 Å². The number of carbonyl (C=O) groups is 2. The molecule has 2 aliphatic rings. The van der Waals surface area contributed by atoms with Gasteiger partial charge in [0.2, 0.25) is 5.91 Å². The zero-order valence-corrected chi connectivity index (χ0v) is 10.2. The zero-order valence-electron chi connectivity index (χ0n) is 10.2. The van der Waals surface area contributed by atoms with E-state index in [1.54, 1.807) is 0 Å². The van der Waals surface area contributed by atoms with Gasteiger partial charge in [0.05, 0.1) is 6.42 Å². The normalized spacial score (nSPS) is 28.6. The van der Waals surface area contributed by atoms with Crippen LogP contribution >= 0.6 is 0 Å². The molecule has 1 aliphatic carbocycles. The van der Waals surface area contributed by atoms with Crippen LogP contribution in [-0.4, -0.2) is 35.0 Å². The van der Waals surface area contributed by atoms with Crippen LogP contribution in [0, 0.1) is 11.8 Å². The number of rotatable bonds is 3. The number of aliphatic carboxylic acids is 1. The van der Waals surface area contributed by atoms with E-state index in [-0.39, 0.29) is 18.7 Å². The molecule has 2 fully saturated rings. The van der Waals surface area contributed by atoms with Crippen LogP contribution in [0.5, 0.6) is 0 Å². The van der Waals surface area contributed by atoms with Gasteiger partial charge in [-0.1, -0.05) is 19.3 Å². The first kappa shape index (κ1) is 12.4. The quantitative estimate of drug-likeness (QED) is 0.818. The van der Waals surface area contributed by atoms with E-state index in [1.165, 1.54) is 25.7 Å². The van der Waals surface area contributed by atoms with E-state index in [9.17, 15) is 9.59 Å². The van der Waals surface area contributed by atoms with Gasteiger partial charge in [-0.25, -0.2) is 0 Å². The topological polar surface area (TPSA) is 57.6 Å². The largest absolute Gasteiger partial charge is 0.481 e. The highest BCUT2D eigenvalue weighted by Gasteiger charge is 2.32. The molecule has 1 N–H and O–H groups in total. The number of hydrogen-bond donors (Lipinski definition) is 1. The molecule has 2 rings (SSSR count). The highest BCUT2D eigenvalue weighted by molar-refractivity contribution is 5.80. The van der Waals surface area contributed by atoms with Gasteiger partial charge < -0.3 is 10.0 Å². The maximum Gasteiger partial charge on any atom is 0.303 e. The number of carboxylic acids is 1. The van der Waals surface area contributed by atoms with E-state index in [2.05, 4.69) is 0 Å². The lowest BCUT2D eigenvalue weighted by Crippen LogP contribution is -2.44. The van der Waals surface area contributed by atoms with Crippen LogP contribution in [0.15, 0.2) is 0 Å². The van der Waals surface area contributed by atoms with Crippen molar-refractivity contribution in [2.45, 2.75) is 44.9 Å². The first-order chi connectivity index (χ1) is 8.16. The Labute approximate surface area is 102 Å². The van der Waals surface area contributed by atoms with Crippen molar-refractivity contribution in [1.29, 1.82) is 0 Å². The van der Waals surface area contributed by atoms with E-state index >= 15 is 0 Å². The van der Waals surface area contributed by atoms with Crippen molar-refractivity contribution < 1.29 is 14.7 Å². The molecule has 4 nitrogen and oxygen atoms in total. The van der Waals surface area contributed by atoms with Gasteiger partial charge in [0, 0.05) is 19.5 Å². The molecule has 1 heterocycles. The Hall–Kier alpha value is -1.06. The molecule has 96 valence electrons. The Morgan fingerprint density at radius 2 is 1.76 bits per heavy atom. The fraction of sp³-hybridized carbons (Fsp3) is 0.846. The molecule has 0 radical (unpaired) electrons. The lowest BCUT2D eigenvalue weighted by Gasteiger charge is -2.41. The fourth-order valence-corrected chi connectivity index (χ4v) is 3.20. The standard InChI is InChI=1S/C13H21NO3/c15-12(5-6-13(16)17)14-8-7-10-3-1-2-4-11(10)9-14/h10-11H,1-9H2,(H,16,17). The van der Waals surface area contributed by atoms with Crippen LogP contribution in [0.25, 0.3) is 0 Å². The minimum atomic E-state index is -0.883. The zero-order chi connectivity index (χ0) is 12.3. The molecule has 0 bridgehead atoms. The first-order valence-electron chi connectivity index (χ1n) is 6.66. The predicted octanol–water partition coefficient (Wildman–Crippen LogP) is 1.89. The molecule has 17 heavy (non-hydrogen) atoms. The molecule has 1 amide bonds. The number of nitrogens with zero attached hydrogens (tertiary/aromatic N) is 1. The van der Waals surface area contributed by atoms with E-state index in [1.807, 2.05) is 4.90 Å². The molecular weight excluding hydrogens is 218 g/mol. The molecule has 1 aliphatic heterocycles. The molecule has 1 saturated heterocycles. The van der Waals surface area contributed by atoms with Crippen molar-refractivity contribution in [3.05, 3.63) is 0 Å². The van der Waals surface area contributed by atoms with Crippen LogP contribution in [0.3, 0.4) is 0 Å². The Morgan fingerprint density at radius 3 is 2.47 bits per heavy atom. The number of carboxylic acid groups (broad SMARTS) is 1. The van der Waals surface area contributed by atoms with E-state index in [0.717, 1.165) is 25.4 Å². The minimum absolute atomic E-state index is 0.0245. The molecule has 4 heteroatoms. The van der Waals surface area contributed by atoms with Gasteiger partial charge in [-0.05, 0) is 24.7 Å². The third-order valence-corrected chi connectivity index (χ3v) is 4.20. The predicted molar refractivity (Wildman–Crippen MR) is 63.5 cm³/mol. The third-order valence-electron chi connectivity index (χ3n) is 4.20. The summed E-state index contributed by atoms with van der Waals surface area (Å²) >= 11 is 0. The summed E-state index contributed by atoms with van der Waals surface area (Å²) in [6.07, 6.45) is 6.43. The van der Waals surface area contributed by atoms with Gasteiger partial charge >= 0.3 is 5.97 Å². The van der Waals surface area contributed by atoms with E-state index in [4.69, 9.17) is 5.11 Å². The number of hydrogen-bond acceptors (Lipinski definition) is 2. The molecule has 0 aromatic heterocycles. The summed E-state index contributed by atoms with van der Waals surface area (Å²) < 4.78 is 0. The molecule has 2 unspecified atom stereocenters. The maximum absolute atomic E-state index is 11.8. The second-order valence-corrected chi connectivity index (χ2v) is 5.33. The van der Waals surface area contributed by atoms with Gasteiger partial charge in [-0.15, -0.1) is 0 Å². The lowest BCUT2D eigenvalue weighted by molar-refractivity contribution is -0.142. The molecule has 2 atom stereocenters. The van der Waals surface area contributed by atoms with Gasteiger partial charge in [0.25, 0.3) is 0 Å². The van der Waals surface area contributed by atoms with Gasteiger partial charge in [-0.3, -0.25) is 9.59 Å². The number of likely N-dealkylation sites (tertiary alicyclic amines) is 1. The lowest BCUT2D eigenvalue weighted by atomic mass is 9.75. The van der Waals surface area contributed by atoms with Crippen molar-refractivity contribution in [2.24, 2.45) is 11.8 Å². The minimum Gasteiger partial charge on any atom is -0.481 e. The number of fused-ring (bicyclic) bond motifs is 1. The van der Waals surface area contributed by atoms with Gasteiger partial charge in [0.15, 0.2) is 0 Å². The van der Waals surface area contributed by atoms with Crippen molar-refractivity contribution in [3.63, 3.8) is 0 Å². The highest BCUT2D eigenvalue weighted by atomic mass is 16.4. The highest BCUT2D eigenvalue weighted by Crippen LogP contribution is 2.36. The van der Waals surface area contributed by atoms with Gasteiger partial charge in [-0.2, -0.15) is 0 Å². The summed E-state index contributed by atoms with van der Waals surface area (Å²) in [4.78, 5) is 24.2.